The summed E-state index contributed by atoms with van der Waals surface area (Å²) in [6.45, 7) is 0. The van der Waals surface area contributed by atoms with Crippen LogP contribution >= 0.6 is 0 Å². The molecule has 19 heavy (non-hydrogen) atoms. The van der Waals surface area contributed by atoms with Gasteiger partial charge in [0, 0.05) is 19.3 Å². The van der Waals surface area contributed by atoms with Crippen molar-refractivity contribution in [1.29, 1.82) is 0 Å². The van der Waals surface area contributed by atoms with Crippen molar-refractivity contribution < 1.29 is 9.53 Å². The SMILES string of the molecule is COc1ccccc1C(=O)Nc1ccc(=O)n(C)c1. The van der Waals surface area contributed by atoms with Crippen molar-refractivity contribution in [3.8, 4) is 5.75 Å². The summed E-state index contributed by atoms with van der Waals surface area (Å²) in [4.78, 5) is 23.4. The molecule has 5 nitrogen and oxygen atoms in total. The number of aryl methyl sites for hydroxylation is 1. The van der Waals surface area contributed by atoms with Gasteiger partial charge in [0.25, 0.3) is 5.91 Å². The smallest absolute Gasteiger partial charge is 0.259 e. The van der Waals surface area contributed by atoms with Crippen molar-refractivity contribution in [2.45, 2.75) is 0 Å². The van der Waals surface area contributed by atoms with Gasteiger partial charge in [0.05, 0.1) is 18.4 Å². The number of hydrogen-bond donors (Lipinski definition) is 1. The minimum atomic E-state index is -0.281. The number of para-hydroxylation sites is 1. The molecule has 0 aliphatic rings. The number of methoxy groups -OCH3 is 1. The number of benzene rings is 1. The van der Waals surface area contributed by atoms with E-state index in [1.54, 1.807) is 43.6 Å². The van der Waals surface area contributed by atoms with E-state index in [4.69, 9.17) is 4.74 Å². The molecule has 0 spiro atoms. The van der Waals surface area contributed by atoms with Gasteiger partial charge in [-0.05, 0) is 18.2 Å². The Labute approximate surface area is 110 Å². The maximum Gasteiger partial charge on any atom is 0.259 e. The summed E-state index contributed by atoms with van der Waals surface area (Å²) < 4.78 is 6.53. The lowest BCUT2D eigenvalue weighted by molar-refractivity contribution is 0.102. The number of pyridine rings is 1. The molecule has 0 unspecified atom stereocenters. The fourth-order valence-corrected chi connectivity index (χ4v) is 1.70. The van der Waals surface area contributed by atoms with E-state index in [0.29, 0.717) is 17.0 Å². The van der Waals surface area contributed by atoms with Crippen molar-refractivity contribution >= 4 is 11.6 Å². The number of anilines is 1. The summed E-state index contributed by atoms with van der Waals surface area (Å²) in [5.41, 5.74) is 0.868. The fourth-order valence-electron chi connectivity index (χ4n) is 1.70. The first-order valence-electron chi connectivity index (χ1n) is 5.73. The van der Waals surface area contributed by atoms with Gasteiger partial charge in [0.15, 0.2) is 0 Å². The van der Waals surface area contributed by atoms with Gasteiger partial charge in [0.1, 0.15) is 5.75 Å². The Morgan fingerprint density at radius 2 is 1.95 bits per heavy atom. The number of hydrogen-bond acceptors (Lipinski definition) is 3. The van der Waals surface area contributed by atoms with Crippen LogP contribution in [0.3, 0.4) is 0 Å². The normalized spacial score (nSPS) is 10.0. The van der Waals surface area contributed by atoms with Crippen LogP contribution in [-0.2, 0) is 7.05 Å². The van der Waals surface area contributed by atoms with Gasteiger partial charge in [-0.3, -0.25) is 9.59 Å². The van der Waals surface area contributed by atoms with Crippen LogP contribution < -0.4 is 15.6 Å². The molecule has 1 amide bonds. The first-order chi connectivity index (χ1) is 9.11. The standard InChI is InChI=1S/C14H14N2O3/c1-16-9-10(7-8-13(16)17)15-14(18)11-5-3-4-6-12(11)19-2/h3-9H,1-2H3,(H,15,18). The van der Waals surface area contributed by atoms with E-state index in [1.165, 1.54) is 17.7 Å². The summed E-state index contributed by atoms with van der Waals surface area (Å²) >= 11 is 0. The van der Waals surface area contributed by atoms with Crippen LogP contribution in [0.1, 0.15) is 10.4 Å². The molecule has 0 aliphatic heterocycles. The molecule has 0 bridgehead atoms. The molecule has 1 aromatic heterocycles. The van der Waals surface area contributed by atoms with E-state index in [1.807, 2.05) is 0 Å². The van der Waals surface area contributed by atoms with Crippen LogP contribution in [-0.4, -0.2) is 17.6 Å². The quantitative estimate of drug-likeness (QED) is 0.910. The Balaban J connectivity index is 2.25. The fraction of sp³-hybridized carbons (Fsp3) is 0.143. The summed E-state index contributed by atoms with van der Waals surface area (Å²) in [7, 11) is 3.14. The second-order valence-electron chi connectivity index (χ2n) is 4.02. The van der Waals surface area contributed by atoms with E-state index in [0.717, 1.165) is 0 Å². The van der Waals surface area contributed by atoms with Gasteiger partial charge in [-0.1, -0.05) is 12.1 Å². The van der Waals surface area contributed by atoms with Gasteiger partial charge < -0.3 is 14.6 Å². The molecular formula is C14H14N2O3. The maximum atomic E-state index is 12.1. The second-order valence-corrected chi connectivity index (χ2v) is 4.02. The molecule has 0 radical (unpaired) electrons. The largest absolute Gasteiger partial charge is 0.496 e. The first kappa shape index (κ1) is 12.9. The van der Waals surface area contributed by atoms with Crippen molar-refractivity contribution in [1.82, 2.24) is 4.57 Å². The molecule has 1 aromatic carbocycles. The van der Waals surface area contributed by atoms with E-state index >= 15 is 0 Å². The number of ether oxygens (including phenoxy) is 1. The van der Waals surface area contributed by atoms with Crippen LogP contribution in [0.4, 0.5) is 5.69 Å². The lowest BCUT2D eigenvalue weighted by Gasteiger charge is -2.09. The third-order valence-corrected chi connectivity index (χ3v) is 2.70. The number of aromatic nitrogens is 1. The highest BCUT2D eigenvalue weighted by atomic mass is 16.5. The summed E-state index contributed by atoms with van der Waals surface area (Å²) in [6, 6.07) is 9.92. The predicted molar refractivity (Wildman–Crippen MR) is 72.6 cm³/mol. The molecule has 98 valence electrons. The van der Waals surface area contributed by atoms with Crippen molar-refractivity contribution in [2.24, 2.45) is 7.05 Å². The molecule has 0 saturated carbocycles. The highest BCUT2D eigenvalue weighted by Crippen LogP contribution is 2.18. The Morgan fingerprint density at radius 1 is 1.21 bits per heavy atom. The van der Waals surface area contributed by atoms with Crippen LogP contribution in [0.15, 0.2) is 47.4 Å². The van der Waals surface area contributed by atoms with E-state index < -0.39 is 0 Å². The number of nitrogens with one attached hydrogen (secondary N) is 1. The highest BCUT2D eigenvalue weighted by Gasteiger charge is 2.11. The number of amides is 1. The molecule has 0 atom stereocenters. The first-order valence-corrected chi connectivity index (χ1v) is 5.73. The molecule has 0 fully saturated rings. The average molecular weight is 258 g/mol. The molecule has 0 saturated heterocycles. The molecular weight excluding hydrogens is 244 g/mol. The van der Waals surface area contributed by atoms with Gasteiger partial charge in [-0.2, -0.15) is 0 Å². The van der Waals surface area contributed by atoms with Crippen LogP contribution in [0.25, 0.3) is 0 Å². The Hall–Kier alpha value is -2.56. The molecule has 2 rings (SSSR count). The van der Waals surface area contributed by atoms with Crippen molar-refractivity contribution in [3.63, 3.8) is 0 Å². The van der Waals surface area contributed by atoms with Gasteiger partial charge in [-0.15, -0.1) is 0 Å². The van der Waals surface area contributed by atoms with Crippen LogP contribution in [0.5, 0.6) is 5.75 Å². The van der Waals surface area contributed by atoms with Crippen LogP contribution in [0, 0.1) is 0 Å². The number of carbonyl (C=O) groups is 1. The summed E-state index contributed by atoms with van der Waals surface area (Å²) in [5, 5.41) is 2.72. The lowest BCUT2D eigenvalue weighted by Crippen LogP contribution is -2.18. The second kappa shape index (κ2) is 5.39. The third-order valence-electron chi connectivity index (χ3n) is 2.70. The van der Waals surface area contributed by atoms with E-state index in [-0.39, 0.29) is 11.5 Å². The molecule has 0 aliphatic carbocycles. The summed E-state index contributed by atoms with van der Waals surface area (Å²) in [6.07, 6.45) is 1.57. The van der Waals surface area contributed by atoms with Crippen LogP contribution in [0.2, 0.25) is 0 Å². The maximum absolute atomic E-state index is 12.1. The zero-order chi connectivity index (χ0) is 13.8. The monoisotopic (exact) mass is 258 g/mol. The minimum Gasteiger partial charge on any atom is -0.496 e. The molecule has 1 N–H and O–H groups in total. The Bertz CT molecular complexity index is 662. The third kappa shape index (κ3) is 2.82. The Morgan fingerprint density at radius 3 is 2.63 bits per heavy atom. The zero-order valence-corrected chi connectivity index (χ0v) is 10.7. The van der Waals surface area contributed by atoms with E-state index in [9.17, 15) is 9.59 Å². The molecule has 5 heteroatoms. The van der Waals surface area contributed by atoms with E-state index in [2.05, 4.69) is 5.32 Å². The lowest BCUT2D eigenvalue weighted by atomic mass is 10.2. The number of carbonyl (C=O) groups excluding carboxylic acids is 1. The molecule has 1 heterocycles. The number of nitrogens with zero attached hydrogens (tertiary/aromatic N) is 1. The molecule has 2 aromatic rings. The highest BCUT2D eigenvalue weighted by molar-refractivity contribution is 6.06. The zero-order valence-electron chi connectivity index (χ0n) is 10.7. The van der Waals surface area contributed by atoms with Gasteiger partial charge in [0.2, 0.25) is 5.56 Å². The van der Waals surface area contributed by atoms with Gasteiger partial charge in [-0.25, -0.2) is 0 Å². The number of rotatable bonds is 3. The Kier molecular flexibility index (Phi) is 3.66. The van der Waals surface area contributed by atoms with Gasteiger partial charge >= 0.3 is 0 Å². The minimum absolute atomic E-state index is 0.129. The average Bonchev–Trinajstić information content (AvgIpc) is 2.43. The predicted octanol–water partition coefficient (Wildman–Crippen LogP) is 1.65. The summed E-state index contributed by atoms with van der Waals surface area (Å²) in [5.74, 6) is 0.223. The topological polar surface area (TPSA) is 60.3 Å². The van der Waals surface area contributed by atoms with Crippen molar-refractivity contribution in [3.05, 3.63) is 58.5 Å². The van der Waals surface area contributed by atoms with Crippen molar-refractivity contribution in [2.75, 3.05) is 12.4 Å².